The van der Waals surface area contributed by atoms with Crippen LogP contribution in [0.2, 0.25) is 0 Å². The van der Waals surface area contributed by atoms with E-state index in [4.69, 9.17) is 5.73 Å². The normalized spacial score (nSPS) is 16.2. The minimum absolute atomic E-state index is 0. The van der Waals surface area contributed by atoms with E-state index in [2.05, 4.69) is 20.4 Å². The molecule has 1 aliphatic rings. The van der Waals surface area contributed by atoms with E-state index in [1.54, 1.807) is 17.1 Å². The molecule has 0 aromatic carbocycles. The molecule has 1 fully saturated rings. The molecule has 0 atom stereocenters. The highest BCUT2D eigenvalue weighted by Gasteiger charge is 2.12. The summed E-state index contributed by atoms with van der Waals surface area (Å²) in [6.07, 6.45) is 13.0. The second-order valence-corrected chi connectivity index (χ2v) is 5.97. The van der Waals surface area contributed by atoms with Gasteiger partial charge in [0.2, 0.25) is 0 Å². The van der Waals surface area contributed by atoms with Crippen LogP contribution in [0.3, 0.4) is 0 Å². The fourth-order valence-electron chi connectivity index (χ4n) is 3.00. The van der Waals surface area contributed by atoms with Crippen LogP contribution in [0.15, 0.2) is 41.8 Å². The molecule has 2 aromatic heterocycles. The first-order valence-electron chi connectivity index (χ1n) is 8.33. The van der Waals surface area contributed by atoms with Crippen LogP contribution < -0.4 is 11.1 Å². The largest absolute Gasteiger partial charge is 0.370 e. The number of aliphatic imine (C=N–C) groups is 1. The molecule has 2 aromatic rings. The minimum atomic E-state index is 0. The quantitative estimate of drug-likeness (QED) is 0.332. The van der Waals surface area contributed by atoms with Crippen LogP contribution in [0.25, 0.3) is 5.82 Å². The van der Waals surface area contributed by atoms with Crippen LogP contribution in [0.4, 0.5) is 0 Å². The number of hydrogen-bond donors (Lipinski definition) is 2. The maximum absolute atomic E-state index is 6.07. The van der Waals surface area contributed by atoms with Gasteiger partial charge in [-0.15, -0.1) is 24.0 Å². The third-order valence-corrected chi connectivity index (χ3v) is 4.22. The summed E-state index contributed by atoms with van der Waals surface area (Å²) in [4.78, 5) is 8.89. The molecule has 0 spiro atoms. The Morgan fingerprint density at radius 1 is 1.21 bits per heavy atom. The molecule has 0 saturated heterocycles. The van der Waals surface area contributed by atoms with Crippen molar-refractivity contribution in [3.63, 3.8) is 0 Å². The third kappa shape index (κ3) is 5.19. The van der Waals surface area contributed by atoms with Gasteiger partial charge >= 0.3 is 0 Å². The number of hydrogen-bond acceptors (Lipinski definition) is 3. The van der Waals surface area contributed by atoms with Gasteiger partial charge in [0.05, 0.1) is 6.54 Å². The number of guanidine groups is 1. The lowest BCUT2D eigenvalue weighted by atomic mass is 10.1. The van der Waals surface area contributed by atoms with Crippen LogP contribution in [-0.4, -0.2) is 26.8 Å². The highest BCUT2D eigenvalue weighted by Crippen LogP contribution is 2.17. The van der Waals surface area contributed by atoms with Crippen molar-refractivity contribution < 1.29 is 0 Å². The van der Waals surface area contributed by atoms with Gasteiger partial charge in [0, 0.05) is 30.2 Å². The zero-order chi connectivity index (χ0) is 15.9. The predicted octanol–water partition coefficient (Wildman–Crippen LogP) is 3.01. The number of halogens is 1. The smallest absolute Gasteiger partial charge is 0.189 e. The molecule has 0 amide bonds. The Morgan fingerprint density at radius 3 is 2.71 bits per heavy atom. The summed E-state index contributed by atoms with van der Waals surface area (Å²) >= 11 is 0. The molecule has 3 rings (SSSR count). The minimum Gasteiger partial charge on any atom is -0.370 e. The van der Waals surface area contributed by atoms with Gasteiger partial charge in [-0.1, -0.05) is 31.7 Å². The molecule has 0 aliphatic heterocycles. The molecule has 6 nitrogen and oxygen atoms in total. The number of rotatable bonds is 4. The van der Waals surface area contributed by atoms with Crippen LogP contribution in [0, 0.1) is 0 Å². The maximum atomic E-state index is 6.07. The number of pyridine rings is 1. The van der Waals surface area contributed by atoms with Gasteiger partial charge < -0.3 is 11.1 Å². The van der Waals surface area contributed by atoms with E-state index in [9.17, 15) is 0 Å². The molecule has 1 aliphatic carbocycles. The molecular weight excluding hydrogens is 415 g/mol. The summed E-state index contributed by atoms with van der Waals surface area (Å²) in [7, 11) is 0. The summed E-state index contributed by atoms with van der Waals surface area (Å²) in [6, 6.07) is 6.25. The third-order valence-electron chi connectivity index (χ3n) is 4.22. The van der Waals surface area contributed by atoms with Crippen LogP contribution in [0.5, 0.6) is 0 Å². The standard InChI is InChI=1S/C17H24N6.HI/c18-17(22-15-8-3-1-2-4-9-15)20-13-14-7-5-10-19-16(14)23-12-6-11-21-23;/h5-7,10-12,15H,1-4,8-9,13H2,(H3,18,20,22);1H. The van der Waals surface area contributed by atoms with Crippen molar-refractivity contribution in [1.82, 2.24) is 20.1 Å². The Bertz CT molecular complexity index is 632. The van der Waals surface area contributed by atoms with Crippen LogP contribution >= 0.6 is 24.0 Å². The highest BCUT2D eigenvalue weighted by atomic mass is 127. The average Bonchev–Trinajstić information content (AvgIpc) is 2.99. The van der Waals surface area contributed by atoms with Crippen molar-refractivity contribution in [3.05, 3.63) is 42.4 Å². The van der Waals surface area contributed by atoms with E-state index < -0.39 is 0 Å². The van der Waals surface area contributed by atoms with Gasteiger partial charge in [-0.25, -0.2) is 14.7 Å². The van der Waals surface area contributed by atoms with Crippen molar-refractivity contribution in [1.29, 1.82) is 0 Å². The Balaban J connectivity index is 0.00000208. The van der Waals surface area contributed by atoms with Crippen molar-refractivity contribution >= 4 is 29.9 Å². The molecule has 3 N–H and O–H groups in total. The topological polar surface area (TPSA) is 81.1 Å². The van der Waals surface area contributed by atoms with Gasteiger partial charge in [-0.05, 0) is 25.0 Å². The average molecular weight is 440 g/mol. The van der Waals surface area contributed by atoms with Crippen molar-refractivity contribution in [2.75, 3.05) is 0 Å². The maximum Gasteiger partial charge on any atom is 0.189 e. The van der Waals surface area contributed by atoms with E-state index >= 15 is 0 Å². The Morgan fingerprint density at radius 2 is 2.00 bits per heavy atom. The first-order valence-corrected chi connectivity index (χ1v) is 8.33. The van der Waals surface area contributed by atoms with Crippen molar-refractivity contribution in [3.8, 4) is 5.82 Å². The van der Waals surface area contributed by atoms with Crippen molar-refractivity contribution in [2.45, 2.75) is 51.1 Å². The second-order valence-electron chi connectivity index (χ2n) is 5.97. The van der Waals surface area contributed by atoms with Crippen LogP contribution in [0.1, 0.15) is 44.1 Å². The summed E-state index contributed by atoms with van der Waals surface area (Å²) in [6.45, 7) is 0.495. The molecule has 0 bridgehead atoms. The first kappa shape index (κ1) is 18.7. The molecule has 2 heterocycles. The molecular formula is C17H25IN6. The number of aromatic nitrogens is 3. The van der Waals surface area contributed by atoms with E-state index in [1.807, 2.05) is 24.4 Å². The fraction of sp³-hybridized carbons (Fsp3) is 0.471. The van der Waals surface area contributed by atoms with Gasteiger partial charge in [-0.3, -0.25) is 0 Å². The highest BCUT2D eigenvalue weighted by molar-refractivity contribution is 14.0. The molecule has 1 saturated carbocycles. The number of nitrogens with zero attached hydrogens (tertiary/aromatic N) is 4. The fourth-order valence-corrected chi connectivity index (χ4v) is 3.00. The zero-order valence-corrected chi connectivity index (χ0v) is 16.1. The lowest BCUT2D eigenvalue weighted by Gasteiger charge is -2.16. The van der Waals surface area contributed by atoms with Gasteiger partial charge in [0.15, 0.2) is 11.8 Å². The van der Waals surface area contributed by atoms with E-state index in [-0.39, 0.29) is 24.0 Å². The molecule has 0 unspecified atom stereocenters. The molecule has 0 radical (unpaired) electrons. The van der Waals surface area contributed by atoms with E-state index in [1.165, 1.54) is 38.5 Å². The molecule has 7 heteroatoms. The van der Waals surface area contributed by atoms with E-state index in [0.29, 0.717) is 18.5 Å². The Hall–Kier alpha value is -1.64. The first-order chi connectivity index (χ1) is 11.3. The summed E-state index contributed by atoms with van der Waals surface area (Å²) in [5.74, 6) is 1.32. The Kier molecular flexibility index (Phi) is 7.48. The summed E-state index contributed by atoms with van der Waals surface area (Å²) in [5, 5.41) is 7.61. The SMILES string of the molecule is I.NC(=NCc1cccnc1-n1cccn1)NC1CCCCCC1. The van der Waals surface area contributed by atoms with Gasteiger partial charge in [0.1, 0.15) is 0 Å². The Labute approximate surface area is 160 Å². The van der Waals surface area contributed by atoms with E-state index in [0.717, 1.165) is 11.4 Å². The van der Waals surface area contributed by atoms with Crippen LogP contribution in [-0.2, 0) is 6.54 Å². The van der Waals surface area contributed by atoms with Crippen molar-refractivity contribution in [2.24, 2.45) is 10.7 Å². The summed E-state index contributed by atoms with van der Waals surface area (Å²) < 4.78 is 1.75. The van der Waals surface area contributed by atoms with Gasteiger partial charge in [-0.2, -0.15) is 5.10 Å². The molecule has 130 valence electrons. The predicted molar refractivity (Wildman–Crippen MR) is 107 cm³/mol. The van der Waals surface area contributed by atoms with Gasteiger partial charge in [0.25, 0.3) is 0 Å². The lowest BCUT2D eigenvalue weighted by Crippen LogP contribution is -2.39. The number of nitrogens with two attached hydrogens (primary N) is 1. The number of nitrogens with one attached hydrogen (secondary N) is 1. The second kappa shape index (κ2) is 9.61. The monoisotopic (exact) mass is 440 g/mol. The lowest BCUT2D eigenvalue weighted by molar-refractivity contribution is 0.530. The zero-order valence-electron chi connectivity index (χ0n) is 13.8. The summed E-state index contributed by atoms with van der Waals surface area (Å²) in [5.41, 5.74) is 7.07. The molecule has 24 heavy (non-hydrogen) atoms.